The van der Waals surface area contributed by atoms with Crippen LogP contribution in [-0.4, -0.2) is 37.4 Å². The Morgan fingerprint density at radius 3 is 2.75 bits per heavy atom. The number of carbonyl (C=O) groups excluding carboxylic acids is 1. The van der Waals surface area contributed by atoms with Crippen molar-refractivity contribution in [1.82, 2.24) is 0 Å². The SMILES string of the molecule is COCC1CN(c2ccc(C3CCCCC3)c([N+](=O)[O-])c2)C(=O)O1. The van der Waals surface area contributed by atoms with Crippen LogP contribution in [0.4, 0.5) is 16.2 Å². The monoisotopic (exact) mass is 334 g/mol. The highest BCUT2D eigenvalue weighted by Gasteiger charge is 2.34. The van der Waals surface area contributed by atoms with Gasteiger partial charge in [0.15, 0.2) is 0 Å². The molecule has 1 saturated carbocycles. The van der Waals surface area contributed by atoms with E-state index in [2.05, 4.69) is 0 Å². The van der Waals surface area contributed by atoms with Crippen LogP contribution in [0.2, 0.25) is 0 Å². The fourth-order valence-corrected chi connectivity index (χ4v) is 3.62. The number of nitro groups is 1. The lowest BCUT2D eigenvalue weighted by molar-refractivity contribution is -0.385. The molecule has 1 aromatic carbocycles. The summed E-state index contributed by atoms with van der Waals surface area (Å²) < 4.78 is 10.2. The lowest BCUT2D eigenvalue weighted by Gasteiger charge is -2.22. The van der Waals surface area contributed by atoms with E-state index in [0.717, 1.165) is 31.2 Å². The standard InChI is InChI=1S/C17H22N2O5/c1-23-11-14-10-18(17(20)24-14)13-7-8-15(16(9-13)19(21)22)12-5-3-2-4-6-12/h7-9,12,14H,2-6,10-11H2,1H3. The topological polar surface area (TPSA) is 81.9 Å². The molecule has 3 rings (SSSR count). The number of hydrogen-bond acceptors (Lipinski definition) is 5. The maximum Gasteiger partial charge on any atom is 0.414 e. The maximum atomic E-state index is 12.0. The quantitative estimate of drug-likeness (QED) is 0.607. The van der Waals surface area contributed by atoms with E-state index in [1.807, 2.05) is 0 Å². The van der Waals surface area contributed by atoms with Gasteiger partial charge in [0.25, 0.3) is 5.69 Å². The van der Waals surface area contributed by atoms with Crippen molar-refractivity contribution < 1.29 is 19.2 Å². The van der Waals surface area contributed by atoms with Gasteiger partial charge in [-0.2, -0.15) is 0 Å². The minimum atomic E-state index is -0.489. The molecule has 0 aromatic heterocycles. The number of hydrogen-bond donors (Lipinski definition) is 0. The second-order valence-electron chi connectivity index (χ2n) is 6.41. The summed E-state index contributed by atoms with van der Waals surface area (Å²) in [6.45, 7) is 0.650. The van der Waals surface area contributed by atoms with Crippen molar-refractivity contribution in [2.75, 3.05) is 25.2 Å². The van der Waals surface area contributed by atoms with E-state index in [4.69, 9.17) is 9.47 Å². The molecule has 0 radical (unpaired) electrons. The number of rotatable bonds is 5. The number of amides is 1. The summed E-state index contributed by atoms with van der Waals surface area (Å²) in [5.74, 6) is 0.236. The Balaban J connectivity index is 1.86. The first-order valence-electron chi connectivity index (χ1n) is 8.35. The Morgan fingerprint density at radius 1 is 1.33 bits per heavy atom. The van der Waals surface area contributed by atoms with E-state index in [1.165, 1.54) is 17.4 Å². The summed E-state index contributed by atoms with van der Waals surface area (Å²) in [5.41, 5.74) is 1.39. The van der Waals surface area contributed by atoms with Gasteiger partial charge in [0.05, 0.1) is 23.8 Å². The predicted molar refractivity (Wildman–Crippen MR) is 88.4 cm³/mol. The zero-order chi connectivity index (χ0) is 17.1. The first-order valence-corrected chi connectivity index (χ1v) is 8.35. The first-order chi connectivity index (χ1) is 11.6. The molecule has 24 heavy (non-hydrogen) atoms. The van der Waals surface area contributed by atoms with Crippen molar-refractivity contribution in [1.29, 1.82) is 0 Å². The van der Waals surface area contributed by atoms with Crippen LogP contribution in [0, 0.1) is 10.1 Å². The highest BCUT2D eigenvalue weighted by atomic mass is 16.6. The van der Waals surface area contributed by atoms with E-state index >= 15 is 0 Å². The average molecular weight is 334 g/mol. The summed E-state index contributed by atoms with van der Waals surface area (Å²) in [4.78, 5) is 24.6. The fourth-order valence-electron chi connectivity index (χ4n) is 3.62. The summed E-state index contributed by atoms with van der Waals surface area (Å²) in [7, 11) is 1.54. The molecule has 1 aliphatic carbocycles. The van der Waals surface area contributed by atoms with E-state index in [9.17, 15) is 14.9 Å². The van der Waals surface area contributed by atoms with E-state index in [0.29, 0.717) is 18.8 Å². The summed E-state index contributed by atoms with van der Waals surface area (Å²) in [6, 6.07) is 5.09. The Morgan fingerprint density at radius 2 is 2.08 bits per heavy atom. The van der Waals surface area contributed by atoms with Gasteiger partial charge in [0.2, 0.25) is 0 Å². The number of carbonyl (C=O) groups is 1. The molecule has 7 nitrogen and oxygen atoms in total. The molecule has 1 aliphatic heterocycles. The Labute approximate surface area is 140 Å². The molecule has 0 bridgehead atoms. The summed E-state index contributed by atoms with van der Waals surface area (Å²) >= 11 is 0. The molecule has 7 heteroatoms. The van der Waals surface area contributed by atoms with E-state index in [-0.39, 0.29) is 22.6 Å². The molecular weight excluding hydrogens is 312 g/mol. The molecule has 130 valence electrons. The van der Waals surface area contributed by atoms with Gasteiger partial charge in [-0.05, 0) is 30.9 Å². The van der Waals surface area contributed by atoms with Crippen molar-refractivity contribution >= 4 is 17.5 Å². The minimum absolute atomic E-state index is 0.0994. The second-order valence-corrected chi connectivity index (χ2v) is 6.41. The molecule has 1 amide bonds. The van der Waals surface area contributed by atoms with Crippen molar-refractivity contribution in [2.24, 2.45) is 0 Å². The molecule has 1 unspecified atom stereocenters. The molecule has 0 N–H and O–H groups in total. The van der Waals surface area contributed by atoms with Gasteiger partial charge in [0, 0.05) is 18.7 Å². The number of nitro benzene ring substituents is 1. The van der Waals surface area contributed by atoms with Gasteiger partial charge in [-0.25, -0.2) is 4.79 Å². The molecule has 0 spiro atoms. The van der Waals surface area contributed by atoms with Crippen LogP contribution in [0.5, 0.6) is 0 Å². The molecule has 1 aromatic rings. The van der Waals surface area contributed by atoms with Crippen LogP contribution < -0.4 is 4.90 Å². The van der Waals surface area contributed by atoms with Gasteiger partial charge in [-0.3, -0.25) is 15.0 Å². The zero-order valence-corrected chi connectivity index (χ0v) is 13.8. The molecule has 2 fully saturated rings. The summed E-state index contributed by atoms with van der Waals surface area (Å²) in [5, 5.41) is 11.5. The van der Waals surface area contributed by atoms with Gasteiger partial charge in [-0.15, -0.1) is 0 Å². The van der Waals surface area contributed by atoms with Crippen LogP contribution in [-0.2, 0) is 9.47 Å². The number of anilines is 1. The van der Waals surface area contributed by atoms with Crippen molar-refractivity contribution in [3.63, 3.8) is 0 Å². The fraction of sp³-hybridized carbons (Fsp3) is 0.588. The number of nitrogens with zero attached hydrogens (tertiary/aromatic N) is 2. The van der Waals surface area contributed by atoms with Crippen molar-refractivity contribution in [3.05, 3.63) is 33.9 Å². The highest BCUT2D eigenvalue weighted by molar-refractivity contribution is 5.90. The Kier molecular flexibility index (Phi) is 4.99. The van der Waals surface area contributed by atoms with Crippen LogP contribution in [0.3, 0.4) is 0 Å². The number of cyclic esters (lactones) is 1. The highest BCUT2D eigenvalue weighted by Crippen LogP contribution is 2.39. The third kappa shape index (κ3) is 3.36. The molecular formula is C17H22N2O5. The first kappa shape index (κ1) is 16.7. The van der Waals surface area contributed by atoms with Crippen LogP contribution in [0.1, 0.15) is 43.6 Å². The minimum Gasteiger partial charge on any atom is -0.441 e. The third-order valence-corrected chi connectivity index (χ3v) is 4.79. The Hall–Kier alpha value is -2.15. The van der Waals surface area contributed by atoms with Gasteiger partial charge < -0.3 is 9.47 Å². The molecule has 1 heterocycles. The van der Waals surface area contributed by atoms with Crippen molar-refractivity contribution in [3.8, 4) is 0 Å². The summed E-state index contributed by atoms with van der Waals surface area (Å²) in [6.07, 6.45) is 4.56. The van der Waals surface area contributed by atoms with Crippen molar-refractivity contribution in [2.45, 2.75) is 44.1 Å². The van der Waals surface area contributed by atoms with Crippen LogP contribution >= 0.6 is 0 Å². The van der Waals surface area contributed by atoms with Gasteiger partial charge in [-0.1, -0.05) is 19.3 Å². The largest absolute Gasteiger partial charge is 0.441 e. The normalized spacial score (nSPS) is 21.8. The van der Waals surface area contributed by atoms with E-state index in [1.54, 1.807) is 19.2 Å². The van der Waals surface area contributed by atoms with Crippen LogP contribution in [0.25, 0.3) is 0 Å². The lowest BCUT2D eigenvalue weighted by Crippen LogP contribution is -2.25. The smallest absolute Gasteiger partial charge is 0.414 e. The van der Waals surface area contributed by atoms with Gasteiger partial charge >= 0.3 is 6.09 Å². The second kappa shape index (κ2) is 7.17. The molecule has 1 atom stereocenters. The lowest BCUT2D eigenvalue weighted by atomic mass is 9.83. The van der Waals surface area contributed by atoms with E-state index < -0.39 is 6.09 Å². The number of ether oxygens (including phenoxy) is 2. The molecule has 1 saturated heterocycles. The maximum absolute atomic E-state index is 12.0. The zero-order valence-electron chi connectivity index (χ0n) is 13.8. The van der Waals surface area contributed by atoms with Gasteiger partial charge in [0.1, 0.15) is 6.10 Å². The van der Waals surface area contributed by atoms with Crippen LogP contribution in [0.15, 0.2) is 18.2 Å². The Bertz CT molecular complexity index is 627. The average Bonchev–Trinajstić information content (AvgIpc) is 2.96. The predicted octanol–water partition coefficient (Wildman–Crippen LogP) is 3.61. The molecule has 2 aliphatic rings. The third-order valence-electron chi connectivity index (χ3n) is 4.79. The number of benzene rings is 1. The number of methoxy groups -OCH3 is 1.